The van der Waals surface area contributed by atoms with Gasteiger partial charge in [0.1, 0.15) is 5.82 Å². The second-order valence-electron chi connectivity index (χ2n) is 8.12. The molecule has 0 unspecified atom stereocenters. The molecule has 1 N–H and O–H groups in total. The van der Waals surface area contributed by atoms with Crippen LogP contribution in [0.3, 0.4) is 0 Å². The molecule has 1 aliphatic carbocycles. The molecule has 28 heavy (non-hydrogen) atoms. The lowest BCUT2D eigenvalue weighted by Gasteiger charge is -2.20. The van der Waals surface area contributed by atoms with E-state index < -0.39 is 0 Å². The van der Waals surface area contributed by atoms with E-state index in [-0.39, 0.29) is 5.91 Å². The van der Waals surface area contributed by atoms with E-state index in [4.69, 9.17) is 9.97 Å². The van der Waals surface area contributed by atoms with Gasteiger partial charge in [0.15, 0.2) is 0 Å². The van der Waals surface area contributed by atoms with Crippen molar-refractivity contribution in [1.82, 2.24) is 19.9 Å². The molecule has 0 saturated heterocycles. The number of fused-ring (bicyclic) bond motifs is 3. The first-order chi connectivity index (χ1) is 13.7. The minimum Gasteiger partial charge on any atom is -0.346 e. The number of benzene rings is 1. The van der Waals surface area contributed by atoms with E-state index in [1.54, 1.807) is 0 Å². The third kappa shape index (κ3) is 3.09. The van der Waals surface area contributed by atoms with E-state index in [1.165, 1.54) is 12.8 Å². The van der Waals surface area contributed by atoms with Gasteiger partial charge in [-0.25, -0.2) is 4.98 Å². The van der Waals surface area contributed by atoms with Crippen LogP contribution in [0.15, 0.2) is 24.4 Å². The van der Waals surface area contributed by atoms with Crippen molar-refractivity contribution in [3.8, 4) is 0 Å². The van der Waals surface area contributed by atoms with Gasteiger partial charge in [0.05, 0.1) is 23.3 Å². The maximum absolute atomic E-state index is 13.3. The van der Waals surface area contributed by atoms with Gasteiger partial charge in [-0.2, -0.15) is 0 Å². The molecule has 1 aromatic carbocycles. The molecule has 5 nitrogen and oxygen atoms in total. The Morgan fingerprint density at radius 1 is 1.11 bits per heavy atom. The van der Waals surface area contributed by atoms with Gasteiger partial charge in [-0.1, -0.05) is 11.6 Å². The van der Waals surface area contributed by atoms with Gasteiger partial charge in [-0.15, -0.1) is 0 Å². The van der Waals surface area contributed by atoms with Crippen LogP contribution in [0, 0.1) is 6.92 Å². The zero-order valence-electron chi connectivity index (χ0n) is 16.4. The summed E-state index contributed by atoms with van der Waals surface area (Å²) < 4.78 is 2.23. The number of nitrogens with one attached hydrogen (secondary N) is 1. The lowest BCUT2D eigenvalue weighted by molar-refractivity contribution is 0.0950. The number of aryl methyl sites for hydroxylation is 4. The summed E-state index contributed by atoms with van der Waals surface area (Å²) in [5.41, 5.74) is 6.10. The lowest BCUT2D eigenvalue weighted by Crippen LogP contribution is -2.26. The number of carbonyl (C=O) groups excluding carboxylic acids is 1. The molecule has 0 bridgehead atoms. The molecule has 3 heterocycles. The number of hydrogen-bond donors (Lipinski definition) is 1. The third-order valence-electron chi connectivity index (χ3n) is 6.03. The second kappa shape index (κ2) is 7.04. The zero-order chi connectivity index (χ0) is 19.1. The van der Waals surface area contributed by atoms with Gasteiger partial charge in [0.25, 0.3) is 5.91 Å². The van der Waals surface area contributed by atoms with E-state index in [9.17, 15) is 4.79 Å². The summed E-state index contributed by atoms with van der Waals surface area (Å²) in [6, 6.07) is 6.21. The van der Waals surface area contributed by atoms with E-state index in [2.05, 4.69) is 35.1 Å². The molecule has 5 heteroatoms. The molecular weight excluding hydrogens is 348 g/mol. The Labute approximate surface area is 165 Å². The van der Waals surface area contributed by atoms with Gasteiger partial charge >= 0.3 is 0 Å². The monoisotopic (exact) mass is 374 g/mol. The van der Waals surface area contributed by atoms with E-state index in [1.807, 2.05) is 6.07 Å². The molecule has 2 aliphatic rings. The van der Waals surface area contributed by atoms with Crippen LogP contribution in [0.2, 0.25) is 0 Å². The van der Waals surface area contributed by atoms with Crippen LogP contribution >= 0.6 is 0 Å². The highest BCUT2D eigenvalue weighted by molar-refractivity contribution is 6.07. The molecule has 5 rings (SSSR count). The molecule has 0 atom stereocenters. The minimum atomic E-state index is 0.00196. The molecule has 144 valence electrons. The normalized spacial score (nSPS) is 15.9. The SMILES string of the molecule is Cc1ccc2nc3c(c(C(=O)NCc4cn5c(n4)CCCC5)c2c1)CCCC3. The number of aromatic nitrogens is 3. The van der Waals surface area contributed by atoms with Crippen molar-refractivity contribution in [2.45, 2.75) is 65.0 Å². The van der Waals surface area contributed by atoms with Crippen molar-refractivity contribution in [3.05, 3.63) is 58.3 Å². The largest absolute Gasteiger partial charge is 0.346 e. The first-order valence-corrected chi connectivity index (χ1v) is 10.4. The topological polar surface area (TPSA) is 59.8 Å². The standard InChI is InChI=1S/C23H26N4O/c1-15-9-10-20-18(12-15)22(17-6-2-3-7-19(17)26-20)23(28)24-13-16-14-27-11-5-4-8-21(27)25-16/h9-10,12,14H,2-8,11,13H2,1H3,(H,24,28). The zero-order valence-corrected chi connectivity index (χ0v) is 16.4. The summed E-state index contributed by atoms with van der Waals surface area (Å²) in [4.78, 5) is 22.9. The fraction of sp³-hybridized carbons (Fsp3) is 0.435. The van der Waals surface area contributed by atoms with Gasteiger partial charge in [0, 0.05) is 30.2 Å². The smallest absolute Gasteiger partial charge is 0.252 e. The Balaban J connectivity index is 1.48. The second-order valence-corrected chi connectivity index (χ2v) is 8.12. The maximum atomic E-state index is 13.3. The summed E-state index contributed by atoms with van der Waals surface area (Å²) in [5, 5.41) is 4.12. The van der Waals surface area contributed by atoms with Crippen molar-refractivity contribution >= 4 is 16.8 Å². The Hall–Kier alpha value is -2.69. The maximum Gasteiger partial charge on any atom is 0.252 e. The summed E-state index contributed by atoms with van der Waals surface area (Å²) in [7, 11) is 0. The third-order valence-corrected chi connectivity index (χ3v) is 6.03. The summed E-state index contributed by atoms with van der Waals surface area (Å²) in [6.07, 6.45) is 9.73. The first kappa shape index (κ1) is 17.4. The van der Waals surface area contributed by atoms with Crippen molar-refractivity contribution in [2.24, 2.45) is 0 Å². The van der Waals surface area contributed by atoms with Gasteiger partial charge in [-0.05, 0) is 63.1 Å². The quantitative estimate of drug-likeness (QED) is 0.757. The number of hydrogen-bond acceptors (Lipinski definition) is 3. The average molecular weight is 374 g/mol. The summed E-state index contributed by atoms with van der Waals surface area (Å²) in [6.45, 7) is 3.58. The molecule has 0 radical (unpaired) electrons. The molecule has 0 spiro atoms. The number of nitrogens with zero attached hydrogens (tertiary/aromatic N) is 3. The van der Waals surface area contributed by atoms with Gasteiger partial charge in [-0.3, -0.25) is 9.78 Å². The van der Waals surface area contributed by atoms with Gasteiger partial charge < -0.3 is 9.88 Å². The van der Waals surface area contributed by atoms with Gasteiger partial charge in [0.2, 0.25) is 0 Å². The molecule has 0 saturated carbocycles. The fourth-order valence-electron chi connectivity index (χ4n) is 4.61. The molecule has 1 aliphatic heterocycles. The van der Waals surface area contributed by atoms with Crippen LogP contribution in [-0.4, -0.2) is 20.4 Å². The van der Waals surface area contributed by atoms with Crippen LogP contribution in [0.25, 0.3) is 10.9 Å². The fourth-order valence-corrected chi connectivity index (χ4v) is 4.61. The number of amides is 1. The Morgan fingerprint density at radius 3 is 2.86 bits per heavy atom. The van der Waals surface area contributed by atoms with Crippen molar-refractivity contribution in [1.29, 1.82) is 0 Å². The Bertz CT molecular complexity index is 1040. The van der Waals surface area contributed by atoms with Crippen LogP contribution in [0.5, 0.6) is 0 Å². The summed E-state index contributed by atoms with van der Waals surface area (Å²) >= 11 is 0. The van der Waals surface area contributed by atoms with E-state index in [0.717, 1.165) is 83.5 Å². The first-order valence-electron chi connectivity index (χ1n) is 10.4. The van der Waals surface area contributed by atoms with Crippen molar-refractivity contribution in [3.63, 3.8) is 0 Å². The predicted molar refractivity (Wildman–Crippen MR) is 109 cm³/mol. The number of carbonyl (C=O) groups is 1. The van der Waals surface area contributed by atoms with E-state index >= 15 is 0 Å². The molecule has 1 amide bonds. The molecule has 0 fully saturated rings. The highest BCUT2D eigenvalue weighted by Crippen LogP contribution is 2.30. The van der Waals surface area contributed by atoms with E-state index in [0.29, 0.717) is 6.54 Å². The Kier molecular flexibility index (Phi) is 4.38. The van der Waals surface area contributed by atoms with Crippen LogP contribution in [-0.2, 0) is 32.4 Å². The molecule has 3 aromatic rings. The lowest BCUT2D eigenvalue weighted by atomic mass is 9.89. The number of rotatable bonds is 3. The average Bonchev–Trinajstić information content (AvgIpc) is 3.13. The predicted octanol–water partition coefficient (Wildman–Crippen LogP) is 3.88. The van der Waals surface area contributed by atoms with Crippen LogP contribution in [0.1, 0.15) is 64.4 Å². The van der Waals surface area contributed by atoms with Crippen molar-refractivity contribution < 1.29 is 4.79 Å². The highest BCUT2D eigenvalue weighted by Gasteiger charge is 2.23. The van der Waals surface area contributed by atoms with Crippen LogP contribution in [0.4, 0.5) is 0 Å². The number of imidazole rings is 1. The molecular formula is C23H26N4O. The summed E-state index contributed by atoms with van der Waals surface area (Å²) in [5.74, 6) is 1.15. The molecule has 2 aromatic heterocycles. The number of pyridine rings is 1. The van der Waals surface area contributed by atoms with Crippen molar-refractivity contribution in [2.75, 3.05) is 0 Å². The minimum absolute atomic E-state index is 0.00196. The van der Waals surface area contributed by atoms with Crippen LogP contribution < -0.4 is 5.32 Å². The Morgan fingerprint density at radius 2 is 1.96 bits per heavy atom. The highest BCUT2D eigenvalue weighted by atomic mass is 16.1.